The van der Waals surface area contributed by atoms with Crippen LogP contribution in [0.5, 0.6) is 17.2 Å². The fraction of sp³-hybridized carbons (Fsp3) is 0.415. The van der Waals surface area contributed by atoms with Crippen molar-refractivity contribution in [3.05, 3.63) is 124 Å². The summed E-state index contributed by atoms with van der Waals surface area (Å²) in [7, 11) is 1.63. The summed E-state index contributed by atoms with van der Waals surface area (Å²) < 4.78 is 18.4. The molecule has 0 unspecified atom stereocenters. The van der Waals surface area contributed by atoms with Crippen LogP contribution < -0.4 is 14.8 Å². The average molecular weight is 808 g/mol. The third-order valence-corrected chi connectivity index (χ3v) is 12.4. The van der Waals surface area contributed by atoms with E-state index in [4.69, 9.17) is 14.2 Å². The molecule has 6 bridgehead atoms. The molecule has 0 saturated heterocycles. The van der Waals surface area contributed by atoms with Crippen molar-refractivity contribution in [2.75, 3.05) is 19.0 Å². The van der Waals surface area contributed by atoms with E-state index >= 15 is 0 Å². The Morgan fingerprint density at radius 2 is 1.85 bits per heavy atom. The van der Waals surface area contributed by atoms with E-state index in [1.807, 2.05) is 30.3 Å². The second-order valence-electron chi connectivity index (χ2n) is 17.3. The molecule has 7 nitrogen and oxygen atoms in total. The number of aromatic hydroxyl groups is 1. The van der Waals surface area contributed by atoms with Crippen molar-refractivity contribution < 1.29 is 29.2 Å². The van der Waals surface area contributed by atoms with Gasteiger partial charge in [0.1, 0.15) is 36.1 Å². The number of Topliss-reactive ketones (excluding diaryl/α,β-unsaturated/α-hetero) is 1. The van der Waals surface area contributed by atoms with Gasteiger partial charge >= 0.3 is 0 Å². The van der Waals surface area contributed by atoms with E-state index in [1.54, 1.807) is 13.2 Å². The highest BCUT2D eigenvalue weighted by molar-refractivity contribution is 6.00. The zero-order valence-electron chi connectivity index (χ0n) is 35.8. The summed E-state index contributed by atoms with van der Waals surface area (Å²) in [6.07, 6.45) is 21.0. The number of hydrogen-bond donors (Lipinski definition) is 3. The van der Waals surface area contributed by atoms with Gasteiger partial charge in [-0.05, 0) is 144 Å². The van der Waals surface area contributed by atoms with Crippen molar-refractivity contribution in [1.82, 2.24) is 0 Å². The first-order valence-electron chi connectivity index (χ1n) is 22.0. The van der Waals surface area contributed by atoms with Gasteiger partial charge in [-0.3, -0.25) is 4.79 Å². The summed E-state index contributed by atoms with van der Waals surface area (Å²) >= 11 is 0. The molecular weight excluding hydrogens is 747 g/mol. The topological polar surface area (TPSA) is 97.2 Å². The van der Waals surface area contributed by atoms with Crippen LogP contribution >= 0.6 is 0 Å². The van der Waals surface area contributed by atoms with Crippen molar-refractivity contribution in [3.8, 4) is 29.3 Å². The van der Waals surface area contributed by atoms with Crippen LogP contribution in [0.25, 0.3) is 16.8 Å². The van der Waals surface area contributed by atoms with E-state index in [9.17, 15) is 15.0 Å². The molecule has 314 valence electrons. The number of nitrogens with one attached hydrogen (secondary N) is 1. The minimum atomic E-state index is -0.473. The van der Waals surface area contributed by atoms with E-state index in [2.05, 4.69) is 92.7 Å². The van der Waals surface area contributed by atoms with Gasteiger partial charge in [-0.1, -0.05) is 81.7 Å². The fourth-order valence-electron chi connectivity index (χ4n) is 8.99. The van der Waals surface area contributed by atoms with Crippen LogP contribution in [0.3, 0.4) is 0 Å². The summed E-state index contributed by atoms with van der Waals surface area (Å²) in [4.78, 5) is 13.7. The number of allylic oxidation sites excluding steroid dienone is 4. The number of carbonyl (C=O) groups is 1. The van der Waals surface area contributed by atoms with E-state index in [0.717, 1.165) is 76.7 Å². The Balaban J connectivity index is 1.08. The summed E-state index contributed by atoms with van der Waals surface area (Å²) in [6.45, 7) is 8.00. The van der Waals surface area contributed by atoms with Gasteiger partial charge in [0.2, 0.25) is 0 Å². The maximum absolute atomic E-state index is 13.7. The van der Waals surface area contributed by atoms with Crippen LogP contribution in [0, 0.1) is 29.8 Å². The molecule has 4 aromatic carbocycles. The molecule has 0 fully saturated rings. The van der Waals surface area contributed by atoms with Gasteiger partial charge in [-0.2, -0.15) is 0 Å². The first kappa shape index (κ1) is 42.5. The van der Waals surface area contributed by atoms with Crippen molar-refractivity contribution in [1.29, 1.82) is 0 Å². The van der Waals surface area contributed by atoms with Gasteiger partial charge in [0.15, 0.2) is 11.5 Å². The Hall–Kier alpha value is -5.61. The normalized spacial score (nSPS) is 20.1. The summed E-state index contributed by atoms with van der Waals surface area (Å²) in [6, 6.07) is 20.6. The lowest BCUT2D eigenvalue weighted by Crippen LogP contribution is -2.24. The lowest BCUT2D eigenvalue weighted by atomic mass is 9.80. The molecule has 4 atom stereocenters. The van der Waals surface area contributed by atoms with E-state index in [1.165, 1.54) is 24.1 Å². The minimum absolute atomic E-state index is 0.00962. The van der Waals surface area contributed by atoms with Crippen LogP contribution in [0.4, 0.5) is 5.69 Å². The molecule has 0 radical (unpaired) electrons. The predicted molar refractivity (Wildman–Crippen MR) is 243 cm³/mol. The number of fused-ring (bicyclic) bond motifs is 9. The van der Waals surface area contributed by atoms with Crippen LogP contribution in [0.2, 0.25) is 0 Å². The molecule has 0 spiro atoms. The molecule has 2 heterocycles. The molecular formula is C53H61NO6. The second-order valence-corrected chi connectivity index (χ2v) is 17.3. The lowest BCUT2D eigenvalue weighted by Gasteiger charge is -2.28. The number of rotatable bonds is 13. The van der Waals surface area contributed by atoms with Gasteiger partial charge in [0.25, 0.3) is 0 Å². The number of phenolic OH excluding ortho intramolecular Hbond substituents is 1. The molecule has 4 aliphatic rings. The minimum Gasteiger partial charge on any atom is -0.508 e. The molecule has 0 amide bonds. The molecule has 0 saturated carbocycles. The maximum atomic E-state index is 13.7. The number of aliphatic hydroxyl groups excluding tert-OH is 1. The monoisotopic (exact) mass is 807 g/mol. The summed E-state index contributed by atoms with van der Waals surface area (Å²) in [5.41, 5.74) is 7.43. The summed E-state index contributed by atoms with van der Waals surface area (Å²) in [5.74, 6) is 6.04. The van der Waals surface area contributed by atoms with Gasteiger partial charge in [0, 0.05) is 43.0 Å². The molecule has 2 aliphatic carbocycles. The first-order valence-corrected chi connectivity index (χ1v) is 22.0. The van der Waals surface area contributed by atoms with Crippen molar-refractivity contribution in [3.63, 3.8) is 0 Å². The number of phenols is 1. The number of aryl methyl sites for hydroxylation is 2. The molecule has 3 N–H and O–H groups in total. The van der Waals surface area contributed by atoms with Crippen LogP contribution in [-0.4, -0.2) is 35.8 Å². The number of ketones is 1. The average Bonchev–Trinajstić information content (AvgIpc) is 3.23. The van der Waals surface area contributed by atoms with Gasteiger partial charge < -0.3 is 29.7 Å². The van der Waals surface area contributed by atoms with Gasteiger partial charge in [0.05, 0.1) is 7.11 Å². The van der Waals surface area contributed by atoms with Crippen molar-refractivity contribution >= 4 is 28.3 Å². The van der Waals surface area contributed by atoms with E-state index in [-0.39, 0.29) is 47.9 Å². The largest absolute Gasteiger partial charge is 0.508 e. The number of carbonyl (C=O) groups excluding carboxylic acids is 1. The van der Waals surface area contributed by atoms with Crippen molar-refractivity contribution in [2.24, 2.45) is 17.8 Å². The number of methoxy groups -OCH3 is 1. The third kappa shape index (κ3) is 10.8. The first-order chi connectivity index (χ1) is 29.1. The fourth-order valence-corrected chi connectivity index (χ4v) is 8.99. The highest BCUT2D eigenvalue weighted by Gasteiger charge is 2.27. The second kappa shape index (κ2) is 20.1. The molecule has 4 aromatic rings. The molecule has 7 heteroatoms. The predicted octanol–water partition coefficient (Wildman–Crippen LogP) is 12.0. The maximum Gasteiger partial charge on any atom is 0.161 e. The quantitative estimate of drug-likeness (QED) is 0.0914. The van der Waals surface area contributed by atoms with E-state index in [0.29, 0.717) is 37.4 Å². The molecule has 2 aliphatic heterocycles. The van der Waals surface area contributed by atoms with Crippen LogP contribution in [0.1, 0.15) is 111 Å². The SMILES string of the molecule is COc1ccc2cc1OCc1ccc3c(c(O)cc4c3c1C=C[C@@H]4C)CC#CO[C@@H](C[C@H]1C=C(O)C=C[C@H]1CCCCc1cccc(NCCCC(C)C)c1)CC(=O)CC2. The van der Waals surface area contributed by atoms with Crippen LogP contribution in [0.15, 0.2) is 90.7 Å². The number of aliphatic hydroxyl groups is 1. The lowest BCUT2D eigenvalue weighted by molar-refractivity contribution is -0.121. The Bertz CT molecular complexity index is 2310. The smallest absolute Gasteiger partial charge is 0.161 e. The zero-order valence-corrected chi connectivity index (χ0v) is 35.8. The highest BCUT2D eigenvalue weighted by Crippen LogP contribution is 2.42. The summed E-state index contributed by atoms with van der Waals surface area (Å²) in [5, 5.41) is 27.6. The number of anilines is 1. The standard InChI is InChI=1S/C53H61NO6/c1-35(2)10-8-26-54-42-14-7-12-37(28-42)11-5-6-13-39-19-22-43(55)30-41(39)31-45-32-44(56)21-17-38-18-25-51(58-4)52(29-38)60-34-40-20-24-48-47(15-9-27-59-45)50(57)33-49-36(3)16-23-46(40)53(48)49/h7,12,14,16,18-20,22-25,28-30,33,35-36,39,41,45,54-55,57H,5-6,8,10-11,13,15,17,21,26,31-32,34H2,1-4H3/t36-,39+,41+,45-/m0/s1. The Morgan fingerprint density at radius 3 is 2.70 bits per heavy atom. The number of unbranched alkanes of at least 4 members (excludes halogenated alkanes) is 1. The number of ether oxygens (including phenoxy) is 3. The molecule has 0 aromatic heterocycles. The molecule has 60 heavy (non-hydrogen) atoms. The van der Waals surface area contributed by atoms with Crippen molar-refractivity contribution in [2.45, 2.75) is 110 Å². The Labute approximate surface area is 356 Å². The number of hydrogen-bond acceptors (Lipinski definition) is 7. The third-order valence-electron chi connectivity index (χ3n) is 12.4. The molecule has 8 rings (SSSR count). The number of benzene rings is 4. The van der Waals surface area contributed by atoms with Gasteiger partial charge in [-0.15, -0.1) is 0 Å². The van der Waals surface area contributed by atoms with Gasteiger partial charge in [-0.25, -0.2) is 0 Å². The Morgan fingerprint density at radius 1 is 0.967 bits per heavy atom. The Kier molecular flexibility index (Phi) is 14.2. The van der Waals surface area contributed by atoms with E-state index < -0.39 is 6.10 Å². The highest BCUT2D eigenvalue weighted by atomic mass is 16.5. The van der Waals surface area contributed by atoms with Crippen LogP contribution in [-0.2, 0) is 35.4 Å². The zero-order chi connectivity index (χ0) is 42.0.